The molecule has 5 atom stereocenters. The summed E-state index contributed by atoms with van der Waals surface area (Å²) in [6.07, 6.45) is 93.7. The summed E-state index contributed by atoms with van der Waals surface area (Å²) in [4.78, 5) is 73.1. The van der Waals surface area contributed by atoms with Crippen LogP contribution in [0.15, 0.2) is 158 Å². The van der Waals surface area contributed by atoms with Crippen LogP contribution in [0.2, 0.25) is 0 Å². The normalized spacial score (nSPS) is 14.6. The molecule has 3 N–H and O–H groups in total. The van der Waals surface area contributed by atoms with Crippen molar-refractivity contribution in [1.82, 2.24) is 0 Å². The molecule has 19 heteroatoms. The second-order valence-electron chi connectivity index (χ2n) is 27.3. The van der Waals surface area contributed by atoms with Crippen LogP contribution in [0, 0.1) is 0 Å². The molecule has 0 amide bonds. The fraction of sp³-hybridized carbons (Fsp3) is 0.663. The first-order valence-electron chi connectivity index (χ1n) is 41.7. The van der Waals surface area contributed by atoms with Gasteiger partial charge >= 0.3 is 39.5 Å². The van der Waals surface area contributed by atoms with Crippen molar-refractivity contribution in [2.75, 3.05) is 39.6 Å². The Kier molecular flexibility index (Phi) is 75.8. The van der Waals surface area contributed by atoms with Crippen LogP contribution >= 0.6 is 15.6 Å². The standard InChI is InChI=1S/C89H148O17P2/c1-5-9-13-17-21-25-29-33-37-39-41-43-47-50-54-58-62-66-70-74-87(92)100-80-85(106-89(94)76-72-68-64-60-56-52-48-44-42-40-38-34-30-26-22-18-14-10-6-2)82-104-108(97,98)102-78-83(90)77-101-107(95,96)103-81-84(105-88(93)75-71-67-63-59-55-51-46-36-32-28-24-20-16-12-8-4)79-99-86(91)73-69-65-61-57-53-49-45-35-31-27-23-19-15-11-7-3/h9-10,13-14,21-22,25-26,28,32-35,37-38,41-45,50,52,54,56,62,66,83-85,90H,5-8,11-12,15-20,23-24,27,29-31,36,39-40,46-49,51,53,55,57-61,63-65,67-82H2,1-4H3,(H,95,96)(H,97,98)/b13-9-,14-10-,25-21-,26-22-,32-28-,37-33-,38-34-,43-41-,44-42-,45-35-,54-50-,56-52-,66-62-/t83-,84+,85+/m0/s1. The van der Waals surface area contributed by atoms with Crippen molar-refractivity contribution in [1.29, 1.82) is 0 Å². The number of aliphatic hydroxyl groups excluding tert-OH is 1. The van der Waals surface area contributed by atoms with E-state index in [0.29, 0.717) is 32.1 Å². The summed E-state index contributed by atoms with van der Waals surface area (Å²) in [6, 6.07) is 0. The van der Waals surface area contributed by atoms with Crippen molar-refractivity contribution in [2.24, 2.45) is 0 Å². The topological polar surface area (TPSA) is 237 Å². The number of allylic oxidation sites excluding steroid dienone is 26. The van der Waals surface area contributed by atoms with Gasteiger partial charge in [-0.25, -0.2) is 9.13 Å². The van der Waals surface area contributed by atoms with Crippen molar-refractivity contribution in [3.63, 3.8) is 0 Å². The molecule has 108 heavy (non-hydrogen) atoms. The summed E-state index contributed by atoms with van der Waals surface area (Å²) in [5.74, 6) is -2.33. The second-order valence-corrected chi connectivity index (χ2v) is 30.2. The van der Waals surface area contributed by atoms with Crippen LogP contribution < -0.4 is 0 Å². The molecule has 0 radical (unpaired) electrons. The average Bonchev–Trinajstić information content (AvgIpc) is 0.896. The summed E-state index contributed by atoms with van der Waals surface area (Å²) in [7, 11) is -10.0. The third-order valence-corrected chi connectivity index (χ3v) is 18.9. The zero-order valence-corrected chi connectivity index (χ0v) is 69.3. The number of carbonyl (C=O) groups excluding carboxylic acids is 4. The largest absolute Gasteiger partial charge is 0.472 e. The Morgan fingerprint density at radius 2 is 0.500 bits per heavy atom. The number of hydrogen-bond donors (Lipinski definition) is 3. The molecule has 0 bridgehead atoms. The molecule has 0 aromatic rings. The van der Waals surface area contributed by atoms with Crippen molar-refractivity contribution >= 4 is 39.5 Å². The minimum absolute atomic E-state index is 0.0231. The number of unbranched alkanes of at least 4 members (excludes halogenated alkanes) is 25. The van der Waals surface area contributed by atoms with Gasteiger partial charge in [0.2, 0.25) is 0 Å². The number of rotatable bonds is 77. The molecule has 0 aliphatic heterocycles. The minimum Gasteiger partial charge on any atom is -0.462 e. The molecule has 0 saturated carbocycles. The Balaban J connectivity index is 5.49. The number of ether oxygens (including phenoxy) is 4. The zero-order chi connectivity index (χ0) is 78.9. The van der Waals surface area contributed by atoms with E-state index in [0.717, 1.165) is 173 Å². The van der Waals surface area contributed by atoms with Gasteiger partial charge in [0.25, 0.3) is 0 Å². The van der Waals surface area contributed by atoms with E-state index < -0.39 is 97.5 Å². The zero-order valence-electron chi connectivity index (χ0n) is 67.5. The lowest BCUT2D eigenvalue weighted by molar-refractivity contribution is -0.161. The third kappa shape index (κ3) is 78.8. The van der Waals surface area contributed by atoms with Gasteiger partial charge in [-0.2, -0.15) is 0 Å². The highest BCUT2D eigenvalue weighted by atomic mass is 31.2. The van der Waals surface area contributed by atoms with Crippen LogP contribution in [0.1, 0.15) is 323 Å². The van der Waals surface area contributed by atoms with Gasteiger partial charge in [-0.1, -0.05) is 295 Å². The molecule has 0 rings (SSSR count). The molecule has 0 aromatic heterocycles. The number of phosphoric acid groups is 2. The van der Waals surface area contributed by atoms with E-state index in [-0.39, 0.29) is 25.7 Å². The number of aliphatic hydroxyl groups is 1. The molecule has 0 fully saturated rings. The summed E-state index contributed by atoms with van der Waals surface area (Å²) < 4.78 is 68.6. The van der Waals surface area contributed by atoms with Gasteiger partial charge in [0, 0.05) is 25.7 Å². The van der Waals surface area contributed by atoms with Gasteiger partial charge in [0.1, 0.15) is 19.3 Å². The van der Waals surface area contributed by atoms with E-state index in [1.54, 1.807) is 0 Å². The quantitative estimate of drug-likeness (QED) is 0.0169. The lowest BCUT2D eigenvalue weighted by Crippen LogP contribution is -2.30. The molecule has 0 spiro atoms. The summed E-state index contributed by atoms with van der Waals surface area (Å²) in [5.41, 5.74) is 0. The molecule has 0 heterocycles. The Hall–Kier alpha value is -5.32. The first kappa shape index (κ1) is 103. The summed E-state index contributed by atoms with van der Waals surface area (Å²) in [5, 5.41) is 10.7. The number of esters is 4. The SMILES string of the molecule is CC/C=C\C/C=C\C/C=C\C/C=C\C/C=C\C/C=C\CCC(=O)OC[C@H](COP(=O)(O)OC[C@@H](O)COP(=O)(O)OC[C@@H](COC(=O)CCCCCCC/C=C\CCCCCCCC)OC(=O)CCCCCCCCC/C=C\CCCCCC)OC(=O)CCCCC/C=C\C/C=C\C/C=C\C/C=C\C/C=C\CC. The van der Waals surface area contributed by atoms with Gasteiger partial charge in [-0.05, 0) is 161 Å². The molecular weight excluding hydrogens is 1400 g/mol. The Morgan fingerprint density at radius 1 is 0.269 bits per heavy atom. The highest BCUT2D eigenvalue weighted by molar-refractivity contribution is 7.47. The maximum absolute atomic E-state index is 13.1. The third-order valence-electron chi connectivity index (χ3n) is 17.0. The fourth-order valence-electron chi connectivity index (χ4n) is 10.7. The van der Waals surface area contributed by atoms with Crippen LogP contribution in [0.4, 0.5) is 0 Å². The first-order chi connectivity index (χ1) is 52.7. The van der Waals surface area contributed by atoms with Crippen molar-refractivity contribution in [3.05, 3.63) is 158 Å². The average molecular weight is 1550 g/mol. The Bertz CT molecular complexity index is 2660. The van der Waals surface area contributed by atoms with Crippen molar-refractivity contribution < 1.29 is 80.2 Å². The van der Waals surface area contributed by atoms with Gasteiger partial charge < -0.3 is 33.8 Å². The van der Waals surface area contributed by atoms with Crippen LogP contribution in [-0.4, -0.2) is 96.7 Å². The van der Waals surface area contributed by atoms with Gasteiger partial charge in [-0.15, -0.1) is 0 Å². The first-order valence-corrected chi connectivity index (χ1v) is 44.7. The molecule has 616 valence electrons. The van der Waals surface area contributed by atoms with E-state index >= 15 is 0 Å². The molecule has 0 saturated heterocycles. The minimum atomic E-state index is -5.01. The van der Waals surface area contributed by atoms with E-state index in [2.05, 4.69) is 167 Å². The second kappa shape index (κ2) is 79.8. The maximum atomic E-state index is 13.1. The van der Waals surface area contributed by atoms with Crippen molar-refractivity contribution in [3.8, 4) is 0 Å². The molecule has 0 aliphatic rings. The van der Waals surface area contributed by atoms with Crippen LogP contribution in [-0.2, 0) is 65.4 Å². The maximum Gasteiger partial charge on any atom is 0.472 e. The lowest BCUT2D eigenvalue weighted by Gasteiger charge is -2.21. The van der Waals surface area contributed by atoms with Crippen LogP contribution in [0.25, 0.3) is 0 Å². The molecule has 0 aromatic carbocycles. The van der Waals surface area contributed by atoms with E-state index in [4.69, 9.17) is 37.0 Å². The van der Waals surface area contributed by atoms with E-state index in [1.807, 2.05) is 18.2 Å². The van der Waals surface area contributed by atoms with Crippen LogP contribution in [0.5, 0.6) is 0 Å². The summed E-state index contributed by atoms with van der Waals surface area (Å²) in [6.45, 7) is 4.51. The number of hydrogen-bond acceptors (Lipinski definition) is 15. The summed E-state index contributed by atoms with van der Waals surface area (Å²) >= 11 is 0. The Morgan fingerprint density at radius 3 is 0.824 bits per heavy atom. The monoisotopic (exact) mass is 1550 g/mol. The molecule has 17 nitrogen and oxygen atoms in total. The Labute approximate surface area is 655 Å². The van der Waals surface area contributed by atoms with Crippen molar-refractivity contribution in [2.45, 2.75) is 341 Å². The highest BCUT2D eigenvalue weighted by Gasteiger charge is 2.30. The predicted octanol–water partition coefficient (Wildman–Crippen LogP) is 24.8. The van der Waals surface area contributed by atoms with E-state index in [9.17, 15) is 43.2 Å². The smallest absolute Gasteiger partial charge is 0.462 e. The number of phosphoric ester groups is 2. The highest BCUT2D eigenvalue weighted by Crippen LogP contribution is 2.45. The van der Waals surface area contributed by atoms with Crippen LogP contribution in [0.3, 0.4) is 0 Å². The van der Waals surface area contributed by atoms with Gasteiger partial charge in [-0.3, -0.25) is 37.3 Å². The van der Waals surface area contributed by atoms with E-state index in [1.165, 1.54) is 64.2 Å². The lowest BCUT2D eigenvalue weighted by atomic mass is 10.1. The molecular formula is C89H148O17P2. The predicted molar refractivity (Wildman–Crippen MR) is 445 cm³/mol. The molecule has 0 aliphatic carbocycles. The molecule has 2 unspecified atom stereocenters. The fourth-order valence-corrected chi connectivity index (χ4v) is 12.3. The van der Waals surface area contributed by atoms with Gasteiger partial charge in [0.05, 0.1) is 26.4 Å². The number of carbonyl (C=O) groups is 4. The van der Waals surface area contributed by atoms with Gasteiger partial charge in [0.15, 0.2) is 12.2 Å².